The molecule has 0 radical (unpaired) electrons. The maximum Gasteiger partial charge on any atom is 0.314 e. The maximum atomic E-state index is 11.0. The molecular formula is C7H11NO4. The van der Waals surface area contributed by atoms with Gasteiger partial charge in [-0.05, 0) is 6.92 Å². The molecule has 0 amide bonds. The topological polar surface area (TPSA) is 97.5 Å². The van der Waals surface area contributed by atoms with Crippen LogP contribution in [0.25, 0.3) is 0 Å². The molecule has 5 nitrogen and oxygen atoms in total. The van der Waals surface area contributed by atoms with Crippen LogP contribution in [0.4, 0.5) is 0 Å². The Morgan fingerprint density at radius 3 is 2.33 bits per heavy atom. The number of aldehydes is 1. The molecule has 0 aromatic rings. The molecule has 0 aliphatic heterocycles. The van der Waals surface area contributed by atoms with Crippen LogP contribution in [-0.4, -0.2) is 29.2 Å². The molecule has 12 heavy (non-hydrogen) atoms. The lowest BCUT2D eigenvalue weighted by Crippen LogP contribution is -2.36. The number of hydrogen-bond donors (Lipinski definition) is 2. The highest BCUT2D eigenvalue weighted by Gasteiger charge is 2.27. The van der Waals surface area contributed by atoms with Gasteiger partial charge in [0.15, 0.2) is 5.78 Å². The van der Waals surface area contributed by atoms with E-state index in [0.29, 0.717) is 6.29 Å². The monoisotopic (exact) mass is 173 g/mol. The molecule has 0 aromatic heterocycles. The third-order valence-electron chi connectivity index (χ3n) is 1.42. The first kappa shape index (κ1) is 10.8. The van der Waals surface area contributed by atoms with Crippen molar-refractivity contribution in [1.82, 2.24) is 0 Å². The standard InChI is InChI=1S/C7H11NO4/c1-4(8)6(10)5(2-3-9)7(11)12/h3-5H,2,8H2,1H3,(H,11,12)/t4-,5?/m0/s1. The number of ketones is 1. The molecule has 5 heteroatoms. The second kappa shape index (κ2) is 4.61. The summed E-state index contributed by atoms with van der Waals surface area (Å²) in [6.07, 6.45) is 0.0920. The van der Waals surface area contributed by atoms with Gasteiger partial charge in [-0.15, -0.1) is 0 Å². The van der Waals surface area contributed by atoms with Gasteiger partial charge in [0, 0.05) is 6.42 Å². The normalized spacial score (nSPS) is 14.8. The molecule has 0 spiro atoms. The molecule has 0 fully saturated rings. The average molecular weight is 173 g/mol. The van der Waals surface area contributed by atoms with Crippen LogP contribution in [0.2, 0.25) is 0 Å². The molecule has 0 rings (SSSR count). The van der Waals surface area contributed by atoms with E-state index in [9.17, 15) is 14.4 Å². The fourth-order valence-electron chi connectivity index (χ4n) is 0.752. The molecule has 0 aliphatic carbocycles. The van der Waals surface area contributed by atoms with Gasteiger partial charge in [0.05, 0.1) is 6.04 Å². The van der Waals surface area contributed by atoms with Crippen molar-refractivity contribution >= 4 is 18.0 Å². The summed E-state index contributed by atoms with van der Waals surface area (Å²) in [5, 5.41) is 8.49. The van der Waals surface area contributed by atoms with Crippen molar-refractivity contribution in [3.63, 3.8) is 0 Å². The first-order valence-corrected chi connectivity index (χ1v) is 3.46. The van der Waals surface area contributed by atoms with Crippen molar-refractivity contribution in [2.75, 3.05) is 0 Å². The summed E-state index contributed by atoms with van der Waals surface area (Å²) in [5.41, 5.74) is 5.18. The number of carboxylic acids is 1. The molecule has 68 valence electrons. The van der Waals surface area contributed by atoms with Crippen molar-refractivity contribution in [2.45, 2.75) is 19.4 Å². The van der Waals surface area contributed by atoms with E-state index in [1.54, 1.807) is 0 Å². The van der Waals surface area contributed by atoms with E-state index in [2.05, 4.69) is 0 Å². The zero-order valence-corrected chi connectivity index (χ0v) is 6.69. The smallest absolute Gasteiger partial charge is 0.314 e. The Kier molecular flexibility index (Phi) is 4.14. The minimum absolute atomic E-state index is 0.310. The molecular weight excluding hydrogens is 162 g/mol. The maximum absolute atomic E-state index is 11.0. The SMILES string of the molecule is C[C@H](N)C(=O)C(CC=O)C(=O)O. The average Bonchev–Trinajstić information content (AvgIpc) is 1.98. The van der Waals surface area contributed by atoms with Crippen LogP contribution in [0.5, 0.6) is 0 Å². The van der Waals surface area contributed by atoms with Gasteiger partial charge >= 0.3 is 5.97 Å². The minimum atomic E-state index is -1.30. The van der Waals surface area contributed by atoms with Crippen LogP contribution < -0.4 is 5.73 Å². The third-order valence-corrected chi connectivity index (χ3v) is 1.42. The second-order valence-electron chi connectivity index (χ2n) is 2.48. The molecule has 2 atom stereocenters. The van der Waals surface area contributed by atoms with Crippen molar-refractivity contribution in [1.29, 1.82) is 0 Å². The number of aliphatic carboxylic acids is 1. The minimum Gasteiger partial charge on any atom is -0.481 e. The summed E-state index contributed by atoms with van der Waals surface area (Å²) in [4.78, 5) is 31.4. The lowest BCUT2D eigenvalue weighted by atomic mass is 9.97. The molecule has 0 bridgehead atoms. The van der Waals surface area contributed by atoms with E-state index in [4.69, 9.17) is 10.8 Å². The van der Waals surface area contributed by atoms with Gasteiger partial charge < -0.3 is 15.6 Å². The number of Topliss-reactive ketones (excluding diaryl/α,β-unsaturated/α-hetero) is 1. The van der Waals surface area contributed by atoms with E-state index >= 15 is 0 Å². The van der Waals surface area contributed by atoms with Crippen molar-refractivity contribution in [3.05, 3.63) is 0 Å². The Labute approximate surface area is 69.5 Å². The molecule has 1 unspecified atom stereocenters. The van der Waals surface area contributed by atoms with Crippen LogP contribution in [0.15, 0.2) is 0 Å². The van der Waals surface area contributed by atoms with Gasteiger partial charge in [0.25, 0.3) is 0 Å². The zero-order valence-electron chi connectivity index (χ0n) is 6.69. The van der Waals surface area contributed by atoms with E-state index in [0.717, 1.165) is 0 Å². The van der Waals surface area contributed by atoms with Gasteiger partial charge in [-0.1, -0.05) is 0 Å². The Balaban J connectivity index is 4.39. The molecule has 0 aromatic carbocycles. The Hall–Kier alpha value is -1.23. The lowest BCUT2D eigenvalue weighted by molar-refractivity contribution is -0.147. The number of rotatable bonds is 5. The quantitative estimate of drug-likeness (QED) is 0.418. The molecule has 3 N–H and O–H groups in total. The molecule has 0 saturated carbocycles. The Bertz CT molecular complexity index is 200. The van der Waals surface area contributed by atoms with E-state index in [1.807, 2.05) is 0 Å². The predicted molar refractivity (Wildman–Crippen MR) is 40.5 cm³/mol. The summed E-state index contributed by atoms with van der Waals surface area (Å²) in [7, 11) is 0. The van der Waals surface area contributed by atoms with Crippen LogP contribution in [0, 0.1) is 5.92 Å². The summed E-state index contributed by atoms with van der Waals surface area (Å²) in [5.74, 6) is -3.21. The highest BCUT2D eigenvalue weighted by molar-refractivity contribution is 6.02. The zero-order chi connectivity index (χ0) is 9.72. The summed E-state index contributed by atoms with van der Waals surface area (Å²) < 4.78 is 0. The van der Waals surface area contributed by atoms with Crippen LogP contribution in [0.3, 0.4) is 0 Å². The van der Waals surface area contributed by atoms with Gasteiger partial charge in [0.1, 0.15) is 12.2 Å². The van der Waals surface area contributed by atoms with E-state index < -0.39 is 23.7 Å². The number of nitrogens with two attached hydrogens (primary N) is 1. The predicted octanol–water partition coefficient (Wildman–Crippen LogP) is -0.807. The number of carboxylic acid groups (broad SMARTS) is 1. The lowest BCUT2D eigenvalue weighted by Gasteiger charge is -2.09. The first-order chi connectivity index (χ1) is 5.50. The molecule has 0 heterocycles. The van der Waals surface area contributed by atoms with Crippen molar-refractivity contribution in [3.8, 4) is 0 Å². The largest absolute Gasteiger partial charge is 0.481 e. The van der Waals surface area contributed by atoms with Gasteiger partial charge in [-0.2, -0.15) is 0 Å². The van der Waals surface area contributed by atoms with Crippen LogP contribution in [0.1, 0.15) is 13.3 Å². The van der Waals surface area contributed by atoms with Crippen molar-refractivity contribution in [2.24, 2.45) is 11.7 Å². The van der Waals surface area contributed by atoms with Crippen molar-refractivity contribution < 1.29 is 19.5 Å². The molecule has 0 aliphatic rings. The third kappa shape index (κ3) is 2.79. The second-order valence-corrected chi connectivity index (χ2v) is 2.48. The highest BCUT2D eigenvalue weighted by atomic mass is 16.4. The van der Waals surface area contributed by atoms with Gasteiger partial charge in [0.2, 0.25) is 0 Å². The van der Waals surface area contributed by atoms with Crippen LogP contribution >= 0.6 is 0 Å². The number of hydrogen-bond acceptors (Lipinski definition) is 4. The van der Waals surface area contributed by atoms with Gasteiger partial charge in [-0.3, -0.25) is 9.59 Å². The summed E-state index contributed by atoms with van der Waals surface area (Å²) in [6.45, 7) is 1.39. The van der Waals surface area contributed by atoms with E-state index in [1.165, 1.54) is 6.92 Å². The first-order valence-electron chi connectivity index (χ1n) is 3.46. The van der Waals surface area contributed by atoms with E-state index in [-0.39, 0.29) is 6.42 Å². The number of carbonyl (C=O) groups is 3. The highest BCUT2D eigenvalue weighted by Crippen LogP contribution is 2.04. The molecule has 0 saturated heterocycles. The summed E-state index contributed by atoms with van der Waals surface area (Å²) in [6, 6.07) is -0.842. The Morgan fingerprint density at radius 1 is 1.58 bits per heavy atom. The van der Waals surface area contributed by atoms with Gasteiger partial charge in [-0.25, -0.2) is 0 Å². The fraction of sp³-hybridized carbons (Fsp3) is 0.571. The van der Waals surface area contributed by atoms with Crippen LogP contribution in [-0.2, 0) is 14.4 Å². The number of carbonyl (C=O) groups excluding carboxylic acids is 2. The summed E-state index contributed by atoms with van der Waals surface area (Å²) >= 11 is 0. The fourth-order valence-corrected chi connectivity index (χ4v) is 0.752. The Morgan fingerprint density at radius 2 is 2.08 bits per heavy atom.